The number of nitrogen functional groups attached to an aromatic ring is 1. The smallest absolute Gasteiger partial charge is 0.122 e. The average molecular weight is 248 g/mol. The van der Waals surface area contributed by atoms with Crippen molar-refractivity contribution in [2.24, 2.45) is 5.73 Å². The summed E-state index contributed by atoms with van der Waals surface area (Å²) in [5.74, 6) is 1.000. The minimum atomic E-state index is 0.101. The van der Waals surface area contributed by atoms with E-state index < -0.39 is 0 Å². The van der Waals surface area contributed by atoms with E-state index in [1.807, 2.05) is 25.1 Å². The highest BCUT2D eigenvalue weighted by atomic mass is 16.5. The largest absolute Gasteiger partial charge is 0.493 e. The molecule has 3 heteroatoms. The van der Waals surface area contributed by atoms with Gasteiger partial charge in [0.05, 0.1) is 6.61 Å². The highest BCUT2D eigenvalue weighted by molar-refractivity contribution is 5.95. The van der Waals surface area contributed by atoms with E-state index in [2.05, 4.69) is 6.92 Å². The van der Waals surface area contributed by atoms with Crippen molar-refractivity contribution in [2.45, 2.75) is 46.0 Å². The maximum Gasteiger partial charge on any atom is 0.122 e. The van der Waals surface area contributed by atoms with Crippen molar-refractivity contribution in [2.75, 3.05) is 6.61 Å². The molecule has 0 atom stereocenters. The Labute approximate surface area is 110 Å². The van der Waals surface area contributed by atoms with Gasteiger partial charge in [0.15, 0.2) is 0 Å². The van der Waals surface area contributed by atoms with Gasteiger partial charge < -0.3 is 10.5 Å². The summed E-state index contributed by atoms with van der Waals surface area (Å²) in [6.45, 7) is 4.97. The molecular formula is C15H24N2O. The Hall–Kier alpha value is -1.51. The normalized spacial score (nSPS) is 10.3. The second-order valence-corrected chi connectivity index (χ2v) is 4.66. The van der Waals surface area contributed by atoms with Gasteiger partial charge in [0, 0.05) is 5.56 Å². The molecule has 3 N–H and O–H groups in total. The summed E-state index contributed by atoms with van der Waals surface area (Å²) in [5.41, 5.74) is 7.23. The average Bonchev–Trinajstić information content (AvgIpc) is 2.35. The molecule has 18 heavy (non-hydrogen) atoms. The summed E-state index contributed by atoms with van der Waals surface area (Å²) in [6.07, 6.45) is 6.22. The lowest BCUT2D eigenvalue weighted by Crippen LogP contribution is -2.11. The minimum Gasteiger partial charge on any atom is -0.493 e. The third-order valence-corrected chi connectivity index (χ3v) is 2.99. The lowest BCUT2D eigenvalue weighted by atomic mass is 10.1. The van der Waals surface area contributed by atoms with Gasteiger partial charge in [-0.1, -0.05) is 32.6 Å². The fourth-order valence-corrected chi connectivity index (χ4v) is 1.87. The number of unbranched alkanes of at least 4 members (excludes halogenated alkanes) is 4. The first kappa shape index (κ1) is 14.6. The van der Waals surface area contributed by atoms with Crippen LogP contribution < -0.4 is 10.5 Å². The van der Waals surface area contributed by atoms with E-state index in [0.717, 1.165) is 29.9 Å². The first-order chi connectivity index (χ1) is 8.65. The summed E-state index contributed by atoms with van der Waals surface area (Å²) in [4.78, 5) is 0. The third-order valence-electron chi connectivity index (χ3n) is 2.99. The van der Waals surface area contributed by atoms with Crippen molar-refractivity contribution in [3.63, 3.8) is 0 Å². The van der Waals surface area contributed by atoms with Gasteiger partial charge in [-0.2, -0.15) is 0 Å². The van der Waals surface area contributed by atoms with Gasteiger partial charge in [0.2, 0.25) is 0 Å². The molecule has 100 valence electrons. The van der Waals surface area contributed by atoms with Crippen LogP contribution in [0.15, 0.2) is 18.2 Å². The summed E-state index contributed by atoms with van der Waals surface area (Å²) >= 11 is 0. The molecule has 0 aliphatic carbocycles. The third kappa shape index (κ3) is 4.78. The molecule has 3 nitrogen and oxygen atoms in total. The van der Waals surface area contributed by atoms with Gasteiger partial charge in [-0.05, 0) is 37.1 Å². The van der Waals surface area contributed by atoms with Crippen molar-refractivity contribution < 1.29 is 4.74 Å². The van der Waals surface area contributed by atoms with Crippen LogP contribution in [0.25, 0.3) is 0 Å². The fraction of sp³-hybridized carbons (Fsp3) is 0.533. The van der Waals surface area contributed by atoms with Gasteiger partial charge in [-0.25, -0.2) is 0 Å². The molecule has 0 spiro atoms. The van der Waals surface area contributed by atoms with Crippen molar-refractivity contribution in [3.05, 3.63) is 29.3 Å². The molecule has 0 radical (unpaired) electrons. The molecule has 0 saturated carbocycles. The zero-order valence-electron chi connectivity index (χ0n) is 11.5. The maximum atomic E-state index is 7.37. The standard InChI is InChI=1S/C15H24N2O/c1-3-4-5-6-7-10-18-14-9-8-13(15(16)17)11-12(14)2/h8-9,11H,3-7,10H2,1-2H3,(H3,16,17). The number of aryl methyl sites for hydroxylation is 1. The maximum absolute atomic E-state index is 7.37. The number of nitrogens with one attached hydrogen (secondary N) is 1. The molecule has 0 fully saturated rings. The Morgan fingerprint density at radius 2 is 1.94 bits per heavy atom. The molecule has 0 unspecified atom stereocenters. The van der Waals surface area contributed by atoms with E-state index in [-0.39, 0.29) is 5.84 Å². The van der Waals surface area contributed by atoms with Crippen LogP contribution in [0.5, 0.6) is 5.75 Å². The molecule has 0 saturated heterocycles. The SMILES string of the molecule is CCCCCCCOc1ccc(C(=N)N)cc1C. The van der Waals surface area contributed by atoms with Crippen LogP contribution in [0, 0.1) is 12.3 Å². The number of amidine groups is 1. The quantitative estimate of drug-likeness (QED) is 0.419. The molecular weight excluding hydrogens is 224 g/mol. The van der Waals surface area contributed by atoms with Crippen molar-refractivity contribution in [1.82, 2.24) is 0 Å². The number of hydrogen-bond acceptors (Lipinski definition) is 2. The van der Waals surface area contributed by atoms with Crippen molar-refractivity contribution in [3.8, 4) is 5.75 Å². The highest BCUT2D eigenvalue weighted by Gasteiger charge is 2.02. The lowest BCUT2D eigenvalue weighted by molar-refractivity contribution is 0.302. The second kappa shape index (κ2) is 7.75. The van der Waals surface area contributed by atoms with Crippen LogP contribution in [0.1, 0.15) is 50.2 Å². The van der Waals surface area contributed by atoms with E-state index in [1.54, 1.807) is 0 Å². The zero-order chi connectivity index (χ0) is 13.4. The second-order valence-electron chi connectivity index (χ2n) is 4.66. The van der Waals surface area contributed by atoms with Gasteiger partial charge in [0.1, 0.15) is 11.6 Å². The van der Waals surface area contributed by atoms with E-state index in [1.165, 1.54) is 25.7 Å². The number of benzene rings is 1. The van der Waals surface area contributed by atoms with Gasteiger partial charge in [-0.15, -0.1) is 0 Å². The summed E-state index contributed by atoms with van der Waals surface area (Å²) < 4.78 is 5.74. The molecule has 1 aromatic carbocycles. The van der Waals surface area contributed by atoms with E-state index in [0.29, 0.717) is 0 Å². The molecule has 0 aromatic heterocycles. The molecule has 0 aliphatic rings. The number of rotatable bonds is 8. The van der Waals surface area contributed by atoms with E-state index in [4.69, 9.17) is 15.9 Å². The predicted molar refractivity (Wildman–Crippen MR) is 76.4 cm³/mol. The van der Waals surface area contributed by atoms with Crippen LogP contribution in [0.3, 0.4) is 0 Å². The Balaban J connectivity index is 2.36. The molecule has 0 bridgehead atoms. The Morgan fingerprint density at radius 1 is 1.22 bits per heavy atom. The van der Waals surface area contributed by atoms with Gasteiger partial charge in [0.25, 0.3) is 0 Å². The zero-order valence-corrected chi connectivity index (χ0v) is 11.5. The monoisotopic (exact) mass is 248 g/mol. The first-order valence-corrected chi connectivity index (χ1v) is 6.73. The predicted octanol–water partition coefficient (Wildman–Crippen LogP) is 3.63. The van der Waals surface area contributed by atoms with Crippen molar-refractivity contribution >= 4 is 5.84 Å². The lowest BCUT2D eigenvalue weighted by Gasteiger charge is -2.10. The number of hydrogen-bond donors (Lipinski definition) is 2. The Morgan fingerprint density at radius 3 is 2.56 bits per heavy atom. The summed E-state index contributed by atoms with van der Waals surface area (Å²) in [7, 11) is 0. The fourth-order valence-electron chi connectivity index (χ4n) is 1.87. The molecule has 1 rings (SSSR count). The Kier molecular flexibility index (Phi) is 6.26. The van der Waals surface area contributed by atoms with E-state index in [9.17, 15) is 0 Å². The number of ether oxygens (including phenoxy) is 1. The van der Waals surface area contributed by atoms with Crippen LogP contribution in [-0.2, 0) is 0 Å². The van der Waals surface area contributed by atoms with Gasteiger partial charge >= 0.3 is 0 Å². The van der Waals surface area contributed by atoms with Crippen LogP contribution in [-0.4, -0.2) is 12.4 Å². The molecule has 0 heterocycles. The summed E-state index contributed by atoms with van der Waals surface area (Å²) in [6, 6.07) is 5.63. The highest BCUT2D eigenvalue weighted by Crippen LogP contribution is 2.19. The number of nitrogens with two attached hydrogens (primary N) is 1. The Bertz CT molecular complexity index is 388. The molecule has 0 aliphatic heterocycles. The summed E-state index contributed by atoms with van der Waals surface area (Å²) in [5, 5.41) is 7.37. The van der Waals surface area contributed by atoms with Crippen LogP contribution in [0.4, 0.5) is 0 Å². The minimum absolute atomic E-state index is 0.101. The molecule has 0 amide bonds. The topological polar surface area (TPSA) is 59.1 Å². The van der Waals surface area contributed by atoms with Crippen LogP contribution in [0.2, 0.25) is 0 Å². The van der Waals surface area contributed by atoms with Crippen molar-refractivity contribution in [1.29, 1.82) is 5.41 Å². The first-order valence-electron chi connectivity index (χ1n) is 6.73. The van der Waals surface area contributed by atoms with Gasteiger partial charge in [-0.3, -0.25) is 5.41 Å². The van der Waals surface area contributed by atoms with E-state index >= 15 is 0 Å². The molecule has 1 aromatic rings. The van der Waals surface area contributed by atoms with Crippen LogP contribution >= 0.6 is 0 Å².